The predicted molar refractivity (Wildman–Crippen MR) is 96.4 cm³/mol. The highest BCUT2D eigenvalue weighted by molar-refractivity contribution is 5.92. The van der Waals surface area contributed by atoms with Crippen molar-refractivity contribution in [3.63, 3.8) is 0 Å². The third kappa shape index (κ3) is 2.13. The molecule has 4 aliphatic rings. The first-order valence-electron chi connectivity index (χ1n) is 9.38. The number of rotatable bonds is 2. The quantitative estimate of drug-likeness (QED) is 0.917. The van der Waals surface area contributed by atoms with Crippen molar-refractivity contribution in [2.75, 3.05) is 31.1 Å². The van der Waals surface area contributed by atoms with Gasteiger partial charge in [0.25, 0.3) is 0 Å². The average Bonchev–Trinajstić information content (AvgIpc) is 2.92. The minimum absolute atomic E-state index is 0.797. The van der Waals surface area contributed by atoms with Crippen LogP contribution in [-0.4, -0.2) is 30.7 Å². The number of fused-ring (bicyclic) bond motifs is 3. The number of hydrogen-bond acceptors (Lipinski definition) is 2. The Balaban J connectivity index is 1.56. The Morgan fingerprint density at radius 2 is 2.04 bits per heavy atom. The second-order valence-electron chi connectivity index (χ2n) is 7.83. The van der Waals surface area contributed by atoms with E-state index in [1.54, 1.807) is 5.56 Å². The summed E-state index contributed by atoms with van der Waals surface area (Å²) in [5, 5.41) is 5.10. The lowest BCUT2D eigenvalue weighted by Crippen LogP contribution is -2.39. The molecule has 1 unspecified atom stereocenters. The van der Waals surface area contributed by atoms with Crippen molar-refractivity contribution < 1.29 is 0 Å². The monoisotopic (exact) mass is 309 g/mol. The predicted octanol–water partition coefficient (Wildman–Crippen LogP) is 3.42. The first-order chi connectivity index (χ1) is 11.3. The normalized spacial score (nSPS) is 24.4. The number of nitrogens with zero attached hydrogens (tertiary/aromatic N) is 2. The first kappa shape index (κ1) is 13.9. The molecule has 2 aromatic rings. The van der Waals surface area contributed by atoms with E-state index in [2.05, 4.69) is 40.0 Å². The molecular weight excluding hydrogens is 282 g/mol. The van der Waals surface area contributed by atoms with Crippen LogP contribution in [0.25, 0.3) is 10.9 Å². The topological polar surface area (TPSA) is 20.2 Å². The van der Waals surface area contributed by atoms with Gasteiger partial charge in [0, 0.05) is 36.6 Å². The van der Waals surface area contributed by atoms with Crippen LogP contribution in [0.3, 0.4) is 0 Å². The molecule has 0 amide bonds. The first-order valence-corrected chi connectivity index (χ1v) is 9.38. The van der Waals surface area contributed by atoms with E-state index in [1.165, 1.54) is 80.6 Å². The van der Waals surface area contributed by atoms with Crippen LogP contribution in [0.5, 0.6) is 0 Å². The van der Waals surface area contributed by atoms with Gasteiger partial charge in [0.2, 0.25) is 0 Å². The number of benzene rings is 1. The molecule has 4 aliphatic heterocycles. The van der Waals surface area contributed by atoms with Gasteiger partial charge in [0.05, 0.1) is 0 Å². The Morgan fingerprint density at radius 1 is 1.17 bits per heavy atom. The lowest BCUT2D eigenvalue weighted by Gasteiger charge is -2.41. The standard InChI is InChI=1S/C20H27N3/c1-22-18-5-4-14(11-15-3-2-8-21-13-15)12-17(18)19-16-6-9-23(10-7-16)20(19)22/h4-5,12,15-16,21H,2-3,6-11,13H2,1H3. The molecule has 2 saturated heterocycles. The second-order valence-corrected chi connectivity index (χ2v) is 7.83. The molecule has 1 aromatic heterocycles. The maximum absolute atomic E-state index is 3.56. The Bertz CT molecular complexity index is 731. The number of hydrogen-bond donors (Lipinski definition) is 1. The summed E-state index contributed by atoms with van der Waals surface area (Å²) < 4.78 is 2.45. The summed E-state index contributed by atoms with van der Waals surface area (Å²) in [6, 6.07) is 7.27. The molecule has 2 bridgehead atoms. The van der Waals surface area contributed by atoms with Crippen molar-refractivity contribution in [1.29, 1.82) is 0 Å². The van der Waals surface area contributed by atoms with Gasteiger partial charge in [-0.15, -0.1) is 0 Å². The smallest absolute Gasteiger partial charge is 0.112 e. The Kier molecular flexibility index (Phi) is 3.19. The van der Waals surface area contributed by atoms with E-state index in [1.807, 2.05) is 0 Å². The third-order valence-electron chi connectivity index (χ3n) is 6.40. The third-order valence-corrected chi connectivity index (χ3v) is 6.40. The van der Waals surface area contributed by atoms with Gasteiger partial charge in [-0.25, -0.2) is 0 Å². The van der Waals surface area contributed by atoms with Gasteiger partial charge in [0.15, 0.2) is 0 Å². The number of piperidine rings is 2. The molecule has 0 saturated carbocycles. The lowest BCUT2D eigenvalue weighted by atomic mass is 9.83. The maximum atomic E-state index is 3.56. The molecule has 3 heteroatoms. The van der Waals surface area contributed by atoms with E-state index in [0.29, 0.717) is 0 Å². The van der Waals surface area contributed by atoms with Crippen LogP contribution in [0.15, 0.2) is 18.2 Å². The molecule has 0 aliphatic carbocycles. The molecule has 1 N–H and O–H groups in total. The summed E-state index contributed by atoms with van der Waals surface area (Å²) in [7, 11) is 2.26. The largest absolute Gasteiger partial charge is 0.358 e. The Labute approximate surface area is 138 Å². The van der Waals surface area contributed by atoms with Gasteiger partial charge >= 0.3 is 0 Å². The SMILES string of the molecule is Cn1c2c(c3cc(CC4CCCNC4)ccc31)C1CCN2CC1. The van der Waals surface area contributed by atoms with Gasteiger partial charge in [-0.1, -0.05) is 6.07 Å². The van der Waals surface area contributed by atoms with Crippen LogP contribution >= 0.6 is 0 Å². The highest BCUT2D eigenvalue weighted by atomic mass is 15.3. The second kappa shape index (κ2) is 5.27. The fourth-order valence-electron chi connectivity index (χ4n) is 5.23. The summed E-state index contributed by atoms with van der Waals surface area (Å²) in [5.41, 5.74) is 4.62. The van der Waals surface area contributed by atoms with Crippen molar-refractivity contribution in [3.05, 3.63) is 29.3 Å². The highest BCUT2D eigenvalue weighted by Crippen LogP contribution is 2.47. The summed E-state index contributed by atoms with van der Waals surface area (Å²) in [5.74, 6) is 3.13. The van der Waals surface area contributed by atoms with Gasteiger partial charge < -0.3 is 14.8 Å². The summed E-state index contributed by atoms with van der Waals surface area (Å²) >= 11 is 0. The number of aryl methyl sites for hydroxylation is 1. The fraction of sp³-hybridized carbons (Fsp3) is 0.600. The van der Waals surface area contributed by atoms with Crippen LogP contribution in [0, 0.1) is 5.92 Å². The van der Waals surface area contributed by atoms with Gasteiger partial charge in [-0.2, -0.15) is 0 Å². The molecular formula is C20H27N3. The molecule has 6 rings (SSSR count). The molecule has 2 fully saturated rings. The van der Waals surface area contributed by atoms with Crippen LogP contribution in [-0.2, 0) is 13.5 Å². The van der Waals surface area contributed by atoms with Crippen LogP contribution in [0.1, 0.15) is 42.7 Å². The molecule has 1 aromatic carbocycles. The van der Waals surface area contributed by atoms with Crippen molar-refractivity contribution >= 4 is 16.7 Å². The van der Waals surface area contributed by atoms with E-state index < -0.39 is 0 Å². The lowest BCUT2D eigenvalue weighted by molar-refractivity contribution is 0.376. The summed E-state index contributed by atoms with van der Waals surface area (Å²) in [6.45, 7) is 4.91. The number of nitrogens with one attached hydrogen (secondary N) is 1. The van der Waals surface area contributed by atoms with Crippen molar-refractivity contribution in [3.8, 4) is 0 Å². The fourth-order valence-corrected chi connectivity index (χ4v) is 5.23. The van der Waals surface area contributed by atoms with Crippen molar-refractivity contribution in [2.24, 2.45) is 13.0 Å². The zero-order valence-corrected chi connectivity index (χ0v) is 14.1. The minimum Gasteiger partial charge on any atom is -0.358 e. The zero-order valence-electron chi connectivity index (χ0n) is 14.1. The minimum atomic E-state index is 0.797. The number of aromatic nitrogens is 1. The van der Waals surface area contributed by atoms with Crippen LogP contribution in [0.2, 0.25) is 0 Å². The Morgan fingerprint density at radius 3 is 2.83 bits per heavy atom. The van der Waals surface area contributed by atoms with E-state index in [-0.39, 0.29) is 0 Å². The van der Waals surface area contributed by atoms with Gasteiger partial charge in [-0.3, -0.25) is 0 Å². The van der Waals surface area contributed by atoms with E-state index >= 15 is 0 Å². The van der Waals surface area contributed by atoms with E-state index in [0.717, 1.165) is 11.8 Å². The molecule has 122 valence electrons. The molecule has 3 nitrogen and oxygen atoms in total. The molecule has 1 atom stereocenters. The summed E-state index contributed by atoms with van der Waals surface area (Å²) in [4.78, 5) is 2.61. The Hall–Kier alpha value is -1.48. The van der Waals surface area contributed by atoms with Crippen molar-refractivity contribution in [1.82, 2.24) is 9.88 Å². The maximum Gasteiger partial charge on any atom is 0.112 e. The highest BCUT2D eigenvalue weighted by Gasteiger charge is 2.35. The van der Waals surface area contributed by atoms with Gasteiger partial charge in [-0.05, 0) is 74.7 Å². The molecule has 0 radical (unpaired) electrons. The average molecular weight is 309 g/mol. The summed E-state index contributed by atoms with van der Waals surface area (Å²) in [6.07, 6.45) is 6.66. The van der Waals surface area contributed by atoms with E-state index in [4.69, 9.17) is 0 Å². The molecule has 5 heterocycles. The van der Waals surface area contributed by atoms with Crippen LogP contribution in [0.4, 0.5) is 5.82 Å². The van der Waals surface area contributed by atoms with Crippen LogP contribution < -0.4 is 10.2 Å². The van der Waals surface area contributed by atoms with E-state index in [9.17, 15) is 0 Å². The number of anilines is 1. The zero-order chi connectivity index (χ0) is 15.4. The molecule has 0 spiro atoms. The molecule has 23 heavy (non-hydrogen) atoms. The van der Waals surface area contributed by atoms with Gasteiger partial charge in [0.1, 0.15) is 5.82 Å². The van der Waals surface area contributed by atoms with Crippen molar-refractivity contribution in [2.45, 2.75) is 38.0 Å².